The molecule has 6 nitrogen and oxygen atoms in total. The van der Waals surface area contributed by atoms with Crippen LogP contribution in [0, 0.1) is 13.8 Å². The smallest absolute Gasteiger partial charge is 0.422 e. The molecule has 0 aliphatic rings. The third kappa shape index (κ3) is 7.73. The van der Waals surface area contributed by atoms with E-state index in [1.54, 1.807) is 44.9 Å². The van der Waals surface area contributed by atoms with E-state index in [9.17, 15) is 22.8 Å². The summed E-state index contributed by atoms with van der Waals surface area (Å²) in [5.41, 5.74) is 2.00. The van der Waals surface area contributed by atoms with Crippen molar-refractivity contribution in [3.8, 4) is 5.75 Å². The van der Waals surface area contributed by atoms with Crippen molar-refractivity contribution >= 4 is 11.9 Å². The lowest BCUT2D eigenvalue weighted by Crippen LogP contribution is -2.43. The summed E-state index contributed by atoms with van der Waals surface area (Å²) in [5.74, 6) is -0.236. The van der Waals surface area contributed by atoms with Gasteiger partial charge in [-0.1, -0.05) is 12.1 Å². The van der Waals surface area contributed by atoms with Crippen molar-refractivity contribution in [2.75, 3.05) is 26.7 Å². The minimum Gasteiger partial charge on any atom is -0.484 e. The fraction of sp³-hybridized carbons (Fsp3) is 0.529. The first kappa shape index (κ1) is 21.8. The number of imide groups is 1. The average molecular weight is 375 g/mol. The molecule has 146 valence electrons. The van der Waals surface area contributed by atoms with E-state index >= 15 is 0 Å². The Labute approximate surface area is 150 Å². The first-order chi connectivity index (χ1) is 12.0. The predicted octanol–water partition coefficient (Wildman–Crippen LogP) is 2.52. The third-order valence-electron chi connectivity index (χ3n) is 3.36. The molecule has 0 heterocycles. The van der Waals surface area contributed by atoms with Gasteiger partial charge in [-0.25, -0.2) is 4.79 Å². The van der Waals surface area contributed by atoms with E-state index < -0.39 is 24.7 Å². The van der Waals surface area contributed by atoms with Crippen molar-refractivity contribution in [3.63, 3.8) is 0 Å². The van der Waals surface area contributed by atoms with Crippen LogP contribution in [0.25, 0.3) is 0 Å². The maximum absolute atomic E-state index is 12.3. The molecule has 1 aromatic carbocycles. The molecule has 0 unspecified atom stereocenters. The first-order valence-corrected chi connectivity index (χ1v) is 8.07. The zero-order valence-corrected chi connectivity index (χ0v) is 15.3. The van der Waals surface area contributed by atoms with Crippen LogP contribution in [0.15, 0.2) is 12.1 Å². The van der Waals surface area contributed by atoms with Gasteiger partial charge >= 0.3 is 12.2 Å². The predicted molar refractivity (Wildman–Crippen MR) is 91.0 cm³/mol. The summed E-state index contributed by atoms with van der Waals surface area (Å²) < 4.78 is 41.8. The lowest BCUT2D eigenvalue weighted by atomic mass is 10.1. The number of carbonyl (C=O) groups excluding carboxylic acids is 2. The molecule has 0 spiro atoms. The highest BCUT2D eigenvalue weighted by atomic mass is 19.4. The Morgan fingerprint density at radius 3 is 2.27 bits per heavy atom. The molecule has 0 atom stereocenters. The summed E-state index contributed by atoms with van der Waals surface area (Å²) >= 11 is 0. The maximum atomic E-state index is 12.3. The first-order valence-electron chi connectivity index (χ1n) is 8.07. The van der Waals surface area contributed by atoms with Gasteiger partial charge in [-0.15, -0.1) is 0 Å². The van der Waals surface area contributed by atoms with E-state index in [0.29, 0.717) is 24.2 Å². The molecule has 0 fully saturated rings. The van der Waals surface area contributed by atoms with Crippen LogP contribution in [0.1, 0.15) is 23.6 Å². The minimum absolute atomic E-state index is 0.00154. The second-order valence-electron chi connectivity index (χ2n) is 6.04. The number of nitrogens with zero attached hydrogens (tertiary/aromatic N) is 1. The number of nitrogens with one attached hydrogen (secondary N) is 2. The van der Waals surface area contributed by atoms with Crippen LogP contribution >= 0.6 is 0 Å². The molecule has 0 aliphatic carbocycles. The number of ether oxygens (including phenoxy) is 1. The van der Waals surface area contributed by atoms with E-state index in [1.165, 1.54) is 0 Å². The van der Waals surface area contributed by atoms with Crippen LogP contribution in [0.4, 0.5) is 18.0 Å². The van der Waals surface area contributed by atoms with Crippen molar-refractivity contribution < 1.29 is 27.5 Å². The fourth-order valence-corrected chi connectivity index (χ4v) is 2.50. The van der Waals surface area contributed by atoms with Crippen molar-refractivity contribution in [3.05, 3.63) is 28.8 Å². The molecule has 0 aliphatic heterocycles. The highest BCUT2D eigenvalue weighted by molar-refractivity contribution is 5.95. The van der Waals surface area contributed by atoms with Gasteiger partial charge in [0.2, 0.25) is 5.91 Å². The summed E-state index contributed by atoms with van der Waals surface area (Å²) in [4.78, 5) is 24.7. The Kier molecular flexibility index (Phi) is 7.88. The van der Waals surface area contributed by atoms with Crippen LogP contribution in [0.2, 0.25) is 0 Å². The molecule has 2 N–H and O–H groups in total. The molecule has 0 saturated carbocycles. The summed E-state index contributed by atoms with van der Waals surface area (Å²) in [7, 11) is 1.70. The van der Waals surface area contributed by atoms with Crippen LogP contribution in [0.5, 0.6) is 5.75 Å². The van der Waals surface area contributed by atoms with Crippen LogP contribution < -0.4 is 15.4 Å². The van der Waals surface area contributed by atoms with Gasteiger partial charge in [0.1, 0.15) is 5.75 Å². The number of rotatable bonds is 7. The number of carbonyl (C=O) groups is 2. The summed E-state index contributed by atoms with van der Waals surface area (Å²) in [5, 5.41) is 4.66. The van der Waals surface area contributed by atoms with Crippen molar-refractivity contribution in [2.45, 2.75) is 33.5 Å². The van der Waals surface area contributed by atoms with Crippen LogP contribution in [-0.2, 0) is 11.3 Å². The Hall–Kier alpha value is -2.29. The molecule has 1 aromatic rings. The molecule has 26 heavy (non-hydrogen) atoms. The number of likely N-dealkylation sites (N-methyl/N-ethyl adjacent to an activating group) is 1. The normalized spacial score (nSPS) is 11.4. The number of alkyl halides is 3. The SMILES string of the molecule is CCNC(=O)NC(=O)CN(C)Cc1cc(C)c(OCC(F)(F)F)c(C)c1. The standard InChI is InChI=1S/C17H24F3N3O3/c1-5-21-16(25)22-14(24)9-23(4)8-13-6-11(2)15(12(3)7-13)26-10-17(18,19)20/h6-7H,5,8-10H2,1-4H3,(H2,21,22,24,25). The Morgan fingerprint density at radius 1 is 1.19 bits per heavy atom. The zero-order chi connectivity index (χ0) is 19.9. The fourth-order valence-electron chi connectivity index (χ4n) is 2.50. The summed E-state index contributed by atoms with van der Waals surface area (Å²) in [6.45, 7) is 4.55. The number of aryl methyl sites for hydroxylation is 2. The number of hydrogen-bond acceptors (Lipinski definition) is 4. The van der Waals surface area contributed by atoms with Gasteiger partial charge in [-0.3, -0.25) is 15.0 Å². The Bertz CT molecular complexity index is 625. The van der Waals surface area contributed by atoms with Gasteiger partial charge in [-0.2, -0.15) is 13.2 Å². The zero-order valence-electron chi connectivity index (χ0n) is 15.3. The van der Waals surface area contributed by atoms with Crippen LogP contribution in [-0.4, -0.2) is 49.8 Å². The Balaban J connectivity index is 2.67. The number of amides is 3. The lowest BCUT2D eigenvalue weighted by Gasteiger charge is -2.19. The second kappa shape index (κ2) is 9.42. The molecule has 0 saturated heterocycles. The number of urea groups is 1. The third-order valence-corrected chi connectivity index (χ3v) is 3.36. The quantitative estimate of drug-likeness (QED) is 0.768. The van der Waals surface area contributed by atoms with Gasteiger partial charge in [0.25, 0.3) is 0 Å². The lowest BCUT2D eigenvalue weighted by molar-refractivity contribution is -0.153. The maximum Gasteiger partial charge on any atom is 0.422 e. The van der Waals surface area contributed by atoms with Crippen molar-refractivity contribution in [1.29, 1.82) is 0 Å². The number of benzene rings is 1. The number of hydrogen-bond donors (Lipinski definition) is 2. The summed E-state index contributed by atoms with van der Waals surface area (Å²) in [6.07, 6.45) is -4.39. The number of halogens is 3. The van der Waals surface area contributed by atoms with Crippen molar-refractivity contribution in [1.82, 2.24) is 15.5 Å². The molecule has 9 heteroatoms. The summed E-state index contributed by atoms with van der Waals surface area (Å²) in [6, 6.07) is 2.89. The van der Waals surface area contributed by atoms with Crippen LogP contribution in [0.3, 0.4) is 0 Å². The van der Waals surface area contributed by atoms with Gasteiger partial charge < -0.3 is 10.1 Å². The largest absolute Gasteiger partial charge is 0.484 e. The van der Waals surface area contributed by atoms with Gasteiger partial charge in [0, 0.05) is 13.1 Å². The van der Waals surface area contributed by atoms with E-state index in [-0.39, 0.29) is 12.3 Å². The topological polar surface area (TPSA) is 70.7 Å². The average Bonchev–Trinajstić information content (AvgIpc) is 2.44. The van der Waals surface area contributed by atoms with E-state index in [0.717, 1.165) is 5.56 Å². The van der Waals surface area contributed by atoms with Gasteiger partial charge in [0.15, 0.2) is 6.61 Å². The molecular weight excluding hydrogens is 351 g/mol. The van der Waals surface area contributed by atoms with E-state index in [2.05, 4.69) is 10.6 Å². The monoisotopic (exact) mass is 375 g/mol. The molecule has 0 bridgehead atoms. The van der Waals surface area contributed by atoms with E-state index in [1.807, 2.05) is 0 Å². The molecular formula is C17H24F3N3O3. The van der Waals surface area contributed by atoms with Gasteiger partial charge in [-0.05, 0) is 44.5 Å². The van der Waals surface area contributed by atoms with Gasteiger partial charge in [0.05, 0.1) is 6.54 Å². The highest BCUT2D eigenvalue weighted by Gasteiger charge is 2.29. The second-order valence-corrected chi connectivity index (χ2v) is 6.04. The van der Waals surface area contributed by atoms with Crippen molar-refractivity contribution in [2.24, 2.45) is 0 Å². The molecule has 3 amide bonds. The molecule has 0 aromatic heterocycles. The Morgan fingerprint density at radius 2 is 1.77 bits per heavy atom. The molecule has 0 radical (unpaired) electrons. The highest BCUT2D eigenvalue weighted by Crippen LogP contribution is 2.27. The molecule has 1 rings (SSSR count). The minimum atomic E-state index is -4.39. The van der Waals surface area contributed by atoms with E-state index in [4.69, 9.17) is 4.74 Å².